The minimum absolute atomic E-state index is 0.0497. The molecular weight excluding hydrogens is 276 g/mol. The van der Waals surface area contributed by atoms with Gasteiger partial charge in [0.15, 0.2) is 5.13 Å². The zero-order valence-corrected chi connectivity index (χ0v) is 13.6. The summed E-state index contributed by atoms with van der Waals surface area (Å²) in [4.78, 5) is 19.0. The van der Waals surface area contributed by atoms with Crippen LogP contribution in [0.15, 0.2) is 6.20 Å². The van der Waals surface area contributed by atoms with E-state index in [1.807, 2.05) is 46.0 Å². The number of carbonyl (C=O) groups is 1. The minimum atomic E-state index is -0.495. The van der Waals surface area contributed by atoms with Gasteiger partial charge in [0, 0.05) is 44.2 Å². The summed E-state index contributed by atoms with van der Waals surface area (Å²) in [7, 11) is 3.89. The van der Waals surface area contributed by atoms with Crippen LogP contribution in [0, 0.1) is 0 Å². The van der Waals surface area contributed by atoms with E-state index >= 15 is 0 Å². The van der Waals surface area contributed by atoms with Crippen molar-refractivity contribution in [2.24, 2.45) is 5.73 Å². The zero-order chi connectivity index (χ0) is 15.3. The largest absolute Gasteiger partial charge is 0.444 e. The van der Waals surface area contributed by atoms with Crippen molar-refractivity contribution in [2.45, 2.75) is 32.3 Å². The molecule has 0 aliphatic rings. The number of hydrogen-bond donors (Lipinski definition) is 2. The fourth-order valence-corrected chi connectivity index (χ4v) is 2.44. The third kappa shape index (κ3) is 5.34. The molecule has 114 valence electrons. The average Bonchev–Trinajstić information content (AvgIpc) is 2.77. The number of alkyl carbamates (subject to hydrolysis) is 1. The first-order valence-electron chi connectivity index (χ1n) is 6.53. The number of amides is 1. The van der Waals surface area contributed by atoms with Gasteiger partial charge >= 0.3 is 6.09 Å². The van der Waals surface area contributed by atoms with Gasteiger partial charge in [-0.2, -0.15) is 0 Å². The van der Waals surface area contributed by atoms with Crippen LogP contribution in [0.1, 0.15) is 31.6 Å². The molecule has 1 unspecified atom stereocenters. The number of thiazole rings is 1. The molecule has 0 spiro atoms. The molecule has 0 saturated carbocycles. The first kappa shape index (κ1) is 16.7. The Hall–Kier alpha value is -1.34. The van der Waals surface area contributed by atoms with Crippen LogP contribution in [-0.4, -0.2) is 43.9 Å². The Bertz CT molecular complexity index is 440. The highest BCUT2D eigenvalue weighted by Gasteiger charge is 2.19. The molecule has 1 amide bonds. The molecule has 1 rings (SSSR count). The molecule has 0 saturated heterocycles. The highest BCUT2D eigenvalue weighted by Crippen LogP contribution is 2.26. The molecule has 0 aromatic carbocycles. The summed E-state index contributed by atoms with van der Waals surface area (Å²) < 4.78 is 5.20. The molecule has 3 N–H and O–H groups in total. The van der Waals surface area contributed by atoms with Gasteiger partial charge in [0.05, 0.1) is 0 Å². The van der Waals surface area contributed by atoms with Gasteiger partial charge in [-0.1, -0.05) is 0 Å². The smallest absolute Gasteiger partial charge is 0.407 e. The first-order chi connectivity index (χ1) is 9.23. The summed E-state index contributed by atoms with van der Waals surface area (Å²) in [5.41, 5.74) is 5.28. The molecule has 1 atom stereocenters. The van der Waals surface area contributed by atoms with Crippen molar-refractivity contribution >= 4 is 22.6 Å². The Morgan fingerprint density at radius 2 is 2.20 bits per heavy atom. The number of anilines is 1. The van der Waals surface area contributed by atoms with Crippen LogP contribution in [-0.2, 0) is 4.74 Å². The standard InChI is InChI=1S/C13H24N4O2S/c1-13(2,3)19-12(18)16-7-9(6-14)10-8-15-11(20-10)17(4)5/h8-9H,6-7,14H2,1-5H3,(H,16,18). The van der Waals surface area contributed by atoms with Crippen molar-refractivity contribution < 1.29 is 9.53 Å². The molecule has 6 nitrogen and oxygen atoms in total. The molecule has 0 fully saturated rings. The molecule has 0 aliphatic carbocycles. The highest BCUT2D eigenvalue weighted by molar-refractivity contribution is 7.15. The van der Waals surface area contributed by atoms with E-state index in [4.69, 9.17) is 10.5 Å². The molecule has 20 heavy (non-hydrogen) atoms. The maximum absolute atomic E-state index is 11.6. The lowest BCUT2D eigenvalue weighted by molar-refractivity contribution is 0.0525. The van der Waals surface area contributed by atoms with E-state index in [1.165, 1.54) is 0 Å². The van der Waals surface area contributed by atoms with Crippen molar-refractivity contribution in [3.63, 3.8) is 0 Å². The quantitative estimate of drug-likeness (QED) is 0.866. The summed E-state index contributed by atoms with van der Waals surface area (Å²) in [6, 6.07) is 0. The second kappa shape index (κ2) is 6.90. The lowest BCUT2D eigenvalue weighted by Crippen LogP contribution is -2.36. The van der Waals surface area contributed by atoms with E-state index in [1.54, 1.807) is 11.3 Å². The number of rotatable bonds is 5. The van der Waals surface area contributed by atoms with E-state index in [9.17, 15) is 4.79 Å². The number of nitrogens with one attached hydrogen (secondary N) is 1. The third-order valence-corrected chi connectivity index (χ3v) is 3.80. The van der Waals surface area contributed by atoms with Crippen LogP contribution in [0.2, 0.25) is 0 Å². The van der Waals surface area contributed by atoms with E-state index < -0.39 is 11.7 Å². The van der Waals surface area contributed by atoms with Gasteiger partial charge in [-0.05, 0) is 20.8 Å². The van der Waals surface area contributed by atoms with Gasteiger partial charge in [0.1, 0.15) is 5.60 Å². The van der Waals surface area contributed by atoms with Gasteiger partial charge in [0.2, 0.25) is 0 Å². The lowest BCUT2D eigenvalue weighted by atomic mass is 10.1. The van der Waals surface area contributed by atoms with Crippen molar-refractivity contribution in [2.75, 3.05) is 32.1 Å². The summed E-state index contributed by atoms with van der Waals surface area (Å²) in [5, 5.41) is 3.68. The van der Waals surface area contributed by atoms with Gasteiger partial charge in [-0.3, -0.25) is 0 Å². The zero-order valence-electron chi connectivity index (χ0n) is 12.8. The van der Waals surface area contributed by atoms with E-state index in [-0.39, 0.29) is 5.92 Å². The predicted octanol–water partition coefficient (Wildman–Crippen LogP) is 1.78. The molecule has 7 heteroatoms. The van der Waals surface area contributed by atoms with E-state index in [2.05, 4.69) is 10.3 Å². The number of aromatic nitrogens is 1. The lowest BCUT2D eigenvalue weighted by Gasteiger charge is -2.21. The predicted molar refractivity (Wildman–Crippen MR) is 82.5 cm³/mol. The molecule has 1 aromatic heterocycles. The van der Waals surface area contributed by atoms with Crippen LogP contribution >= 0.6 is 11.3 Å². The Labute approximate surface area is 124 Å². The van der Waals surface area contributed by atoms with E-state index in [0.717, 1.165) is 10.0 Å². The molecule has 1 aromatic rings. The van der Waals surface area contributed by atoms with Crippen molar-refractivity contribution in [3.8, 4) is 0 Å². The highest BCUT2D eigenvalue weighted by atomic mass is 32.1. The van der Waals surface area contributed by atoms with Gasteiger partial charge in [-0.15, -0.1) is 11.3 Å². The van der Waals surface area contributed by atoms with Gasteiger partial charge in [0.25, 0.3) is 0 Å². The van der Waals surface area contributed by atoms with E-state index in [0.29, 0.717) is 13.1 Å². The van der Waals surface area contributed by atoms with Crippen LogP contribution in [0.3, 0.4) is 0 Å². The number of carbonyl (C=O) groups excluding carboxylic acids is 1. The average molecular weight is 300 g/mol. The Balaban J connectivity index is 2.56. The number of hydrogen-bond acceptors (Lipinski definition) is 6. The maximum Gasteiger partial charge on any atom is 0.407 e. The normalized spacial score (nSPS) is 12.9. The van der Waals surface area contributed by atoms with Crippen LogP contribution in [0.5, 0.6) is 0 Å². The topological polar surface area (TPSA) is 80.5 Å². The number of nitrogens with two attached hydrogens (primary N) is 1. The first-order valence-corrected chi connectivity index (χ1v) is 7.34. The summed E-state index contributed by atoms with van der Waals surface area (Å²) in [6.45, 7) is 6.39. The monoisotopic (exact) mass is 300 g/mol. The number of ether oxygens (including phenoxy) is 1. The van der Waals surface area contributed by atoms with Gasteiger partial charge < -0.3 is 20.7 Å². The number of nitrogens with zero attached hydrogens (tertiary/aromatic N) is 2. The molecule has 0 radical (unpaired) electrons. The molecular formula is C13H24N4O2S. The fourth-order valence-electron chi connectivity index (χ4n) is 1.49. The van der Waals surface area contributed by atoms with Crippen LogP contribution in [0.25, 0.3) is 0 Å². The second-order valence-corrected chi connectivity index (χ2v) is 6.80. The SMILES string of the molecule is CN(C)c1ncc(C(CN)CNC(=O)OC(C)(C)C)s1. The van der Waals surface area contributed by atoms with Crippen molar-refractivity contribution in [1.29, 1.82) is 0 Å². The summed E-state index contributed by atoms with van der Waals surface area (Å²) >= 11 is 1.58. The minimum Gasteiger partial charge on any atom is -0.444 e. The summed E-state index contributed by atoms with van der Waals surface area (Å²) in [6.07, 6.45) is 1.39. The second-order valence-electron chi connectivity index (χ2n) is 5.76. The summed E-state index contributed by atoms with van der Waals surface area (Å²) in [5.74, 6) is 0.0497. The Kier molecular flexibility index (Phi) is 5.76. The molecule has 0 bridgehead atoms. The van der Waals surface area contributed by atoms with Crippen molar-refractivity contribution in [3.05, 3.63) is 11.1 Å². The Morgan fingerprint density at radius 3 is 2.65 bits per heavy atom. The molecule has 1 heterocycles. The maximum atomic E-state index is 11.6. The van der Waals surface area contributed by atoms with Crippen LogP contribution in [0.4, 0.5) is 9.93 Å². The molecule has 0 aliphatic heterocycles. The fraction of sp³-hybridized carbons (Fsp3) is 0.692. The Morgan fingerprint density at radius 1 is 1.55 bits per heavy atom. The van der Waals surface area contributed by atoms with Crippen LogP contribution < -0.4 is 16.0 Å². The van der Waals surface area contributed by atoms with Gasteiger partial charge in [-0.25, -0.2) is 9.78 Å². The van der Waals surface area contributed by atoms with Crippen molar-refractivity contribution in [1.82, 2.24) is 10.3 Å². The third-order valence-electron chi connectivity index (χ3n) is 2.47.